The van der Waals surface area contributed by atoms with Gasteiger partial charge < -0.3 is 10.2 Å². The quantitative estimate of drug-likeness (QED) is 0.928. The molecule has 0 bridgehead atoms. The number of carbonyl (C=O) groups excluding carboxylic acids is 2. The van der Waals surface area contributed by atoms with Crippen LogP contribution in [0.2, 0.25) is 0 Å². The Kier molecular flexibility index (Phi) is 4.30. The van der Waals surface area contributed by atoms with Crippen LogP contribution < -0.4 is 5.32 Å². The molecule has 1 saturated heterocycles. The van der Waals surface area contributed by atoms with E-state index in [1.54, 1.807) is 0 Å². The maximum absolute atomic E-state index is 12.7. The first kappa shape index (κ1) is 15.7. The summed E-state index contributed by atoms with van der Waals surface area (Å²) >= 11 is 0. The average Bonchev–Trinajstić information content (AvgIpc) is 3.24. The summed E-state index contributed by atoms with van der Waals surface area (Å²) in [4.78, 5) is 27.0. The summed E-state index contributed by atoms with van der Waals surface area (Å²) in [5, 5.41) is 3.23. The summed E-state index contributed by atoms with van der Waals surface area (Å²) in [5.74, 6) is 0.0591. The van der Waals surface area contributed by atoms with Crippen LogP contribution >= 0.6 is 0 Å². The van der Waals surface area contributed by atoms with Gasteiger partial charge in [0, 0.05) is 19.0 Å². The van der Waals surface area contributed by atoms with E-state index in [2.05, 4.69) is 23.5 Å². The molecule has 4 heteroatoms. The van der Waals surface area contributed by atoms with Crippen molar-refractivity contribution in [2.24, 2.45) is 5.92 Å². The lowest BCUT2D eigenvalue weighted by molar-refractivity contribution is -0.130. The fourth-order valence-corrected chi connectivity index (χ4v) is 4.67. The molecule has 4 rings (SSSR count). The smallest absolute Gasteiger partial charge is 0.225 e. The first-order chi connectivity index (χ1) is 11.7. The maximum Gasteiger partial charge on any atom is 0.225 e. The molecule has 2 fully saturated rings. The molecule has 0 radical (unpaired) electrons. The molecule has 4 nitrogen and oxygen atoms in total. The van der Waals surface area contributed by atoms with Crippen LogP contribution in [-0.4, -0.2) is 29.3 Å². The molecule has 0 aromatic heterocycles. The molecule has 2 aliphatic carbocycles. The third-order valence-electron chi connectivity index (χ3n) is 5.98. The normalized spacial score (nSPS) is 27.3. The van der Waals surface area contributed by atoms with E-state index in [1.165, 1.54) is 24.0 Å². The standard InChI is InChI=1S/C20H26N2O2/c23-19-12-15(13-22(19)16-8-2-3-9-16)20(24)21-18-11-5-7-14-6-1-4-10-17(14)18/h1,4,6,10,15-16,18H,2-3,5,7-9,11-13H2,(H,21,24)/t15-,18+/m0/s1. The van der Waals surface area contributed by atoms with E-state index in [1.807, 2.05) is 11.0 Å². The molecule has 1 saturated carbocycles. The fraction of sp³-hybridized carbons (Fsp3) is 0.600. The van der Waals surface area contributed by atoms with E-state index in [0.717, 1.165) is 32.1 Å². The highest BCUT2D eigenvalue weighted by Gasteiger charge is 2.39. The molecule has 2 amide bonds. The Bertz CT molecular complexity index is 636. The largest absolute Gasteiger partial charge is 0.349 e. The topological polar surface area (TPSA) is 49.4 Å². The molecule has 0 unspecified atom stereocenters. The van der Waals surface area contributed by atoms with Crippen LogP contribution in [0.3, 0.4) is 0 Å². The predicted molar refractivity (Wildman–Crippen MR) is 92.3 cm³/mol. The molecule has 2 atom stereocenters. The zero-order chi connectivity index (χ0) is 16.5. The third kappa shape index (κ3) is 2.94. The number of benzene rings is 1. The van der Waals surface area contributed by atoms with Crippen LogP contribution in [0.4, 0.5) is 0 Å². The summed E-state index contributed by atoms with van der Waals surface area (Å²) in [7, 11) is 0. The maximum atomic E-state index is 12.7. The number of amides is 2. The average molecular weight is 326 g/mol. The van der Waals surface area contributed by atoms with Gasteiger partial charge in [0.15, 0.2) is 0 Å². The number of aryl methyl sites for hydroxylation is 1. The van der Waals surface area contributed by atoms with E-state index >= 15 is 0 Å². The molecule has 1 aromatic carbocycles. The van der Waals surface area contributed by atoms with Crippen LogP contribution in [0.15, 0.2) is 24.3 Å². The molecule has 1 aromatic rings. The van der Waals surface area contributed by atoms with Crippen molar-refractivity contribution in [3.05, 3.63) is 35.4 Å². The molecule has 3 aliphatic rings. The Labute approximate surface area is 143 Å². The number of carbonyl (C=O) groups is 2. The number of hydrogen-bond donors (Lipinski definition) is 1. The van der Waals surface area contributed by atoms with Crippen molar-refractivity contribution in [3.63, 3.8) is 0 Å². The van der Waals surface area contributed by atoms with Crippen molar-refractivity contribution in [1.82, 2.24) is 10.2 Å². The van der Waals surface area contributed by atoms with Crippen LogP contribution in [0, 0.1) is 5.92 Å². The Balaban J connectivity index is 1.41. The first-order valence-electron chi connectivity index (χ1n) is 9.40. The van der Waals surface area contributed by atoms with Gasteiger partial charge in [-0.1, -0.05) is 37.1 Å². The molecule has 1 aliphatic heterocycles. The van der Waals surface area contributed by atoms with Crippen molar-refractivity contribution in [3.8, 4) is 0 Å². The van der Waals surface area contributed by atoms with Gasteiger partial charge in [-0.15, -0.1) is 0 Å². The minimum atomic E-state index is -0.174. The molecule has 1 heterocycles. The van der Waals surface area contributed by atoms with Crippen molar-refractivity contribution in [2.45, 2.75) is 63.5 Å². The minimum absolute atomic E-state index is 0.0607. The van der Waals surface area contributed by atoms with Gasteiger partial charge in [-0.2, -0.15) is 0 Å². The minimum Gasteiger partial charge on any atom is -0.349 e. The number of nitrogens with one attached hydrogen (secondary N) is 1. The number of rotatable bonds is 3. The lowest BCUT2D eigenvalue weighted by Gasteiger charge is -2.28. The molecular formula is C20H26N2O2. The third-order valence-corrected chi connectivity index (χ3v) is 5.98. The van der Waals surface area contributed by atoms with Crippen molar-refractivity contribution < 1.29 is 9.59 Å². The lowest BCUT2D eigenvalue weighted by Crippen LogP contribution is -2.38. The summed E-state index contributed by atoms with van der Waals surface area (Å²) < 4.78 is 0. The molecule has 1 N–H and O–H groups in total. The molecule has 0 spiro atoms. The van der Waals surface area contributed by atoms with Gasteiger partial charge in [0.05, 0.1) is 12.0 Å². The van der Waals surface area contributed by atoms with Crippen LogP contribution in [-0.2, 0) is 16.0 Å². The highest BCUT2D eigenvalue weighted by Crippen LogP contribution is 2.32. The molecule has 128 valence electrons. The van der Waals surface area contributed by atoms with Crippen LogP contribution in [0.5, 0.6) is 0 Å². The molecular weight excluding hydrogens is 300 g/mol. The van der Waals surface area contributed by atoms with Crippen LogP contribution in [0.25, 0.3) is 0 Å². The van der Waals surface area contributed by atoms with Crippen molar-refractivity contribution >= 4 is 11.8 Å². The van der Waals surface area contributed by atoms with Gasteiger partial charge in [-0.05, 0) is 43.2 Å². The number of nitrogens with zero attached hydrogens (tertiary/aromatic N) is 1. The fourth-order valence-electron chi connectivity index (χ4n) is 4.67. The van der Waals surface area contributed by atoms with Gasteiger partial charge in [-0.3, -0.25) is 9.59 Å². The number of likely N-dealkylation sites (tertiary alicyclic amines) is 1. The van der Waals surface area contributed by atoms with Gasteiger partial charge >= 0.3 is 0 Å². The Hall–Kier alpha value is -1.84. The number of fused-ring (bicyclic) bond motifs is 1. The van der Waals surface area contributed by atoms with Gasteiger partial charge in [0.2, 0.25) is 11.8 Å². The Morgan fingerprint density at radius 2 is 1.88 bits per heavy atom. The summed E-state index contributed by atoms with van der Waals surface area (Å²) in [6.45, 7) is 0.615. The number of hydrogen-bond acceptors (Lipinski definition) is 2. The van der Waals surface area contributed by atoms with Crippen molar-refractivity contribution in [2.75, 3.05) is 6.54 Å². The van der Waals surface area contributed by atoms with E-state index in [9.17, 15) is 9.59 Å². The predicted octanol–water partition coefficient (Wildman–Crippen LogP) is 2.97. The zero-order valence-corrected chi connectivity index (χ0v) is 14.2. The Morgan fingerprint density at radius 3 is 2.71 bits per heavy atom. The summed E-state index contributed by atoms with van der Waals surface area (Å²) in [6.07, 6.45) is 8.23. The lowest BCUT2D eigenvalue weighted by atomic mass is 9.87. The van der Waals surface area contributed by atoms with E-state index in [0.29, 0.717) is 19.0 Å². The second-order valence-corrected chi connectivity index (χ2v) is 7.54. The van der Waals surface area contributed by atoms with Crippen LogP contribution in [0.1, 0.15) is 62.1 Å². The zero-order valence-electron chi connectivity index (χ0n) is 14.2. The highest BCUT2D eigenvalue weighted by molar-refractivity contribution is 5.89. The SMILES string of the molecule is O=C(N[C@@H]1CCCc2ccccc21)[C@H]1CC(=O)N(C2CCCC2)C1. The summed E-state index contributed by atoms with van der Waals surface area (Å²) in [6, 6.07) is 8.89. The Morgan fingerprint density at radius 1 is 1.08 bits per heavy atom. The van der Waals surface area contributed by atoms with Gasteiger partial charge in [-0.25, -0.2) is 0 Å². The second kappa shape index (κ2) is 6.58. The molecule has 24 heavy (non-hydrogen) atoms. The monoisotopic (exact) mass is 326 g/mol. The van der Waals surface area contributed by atoms with Gasteiger partial charge in [0.25, 0.3) is 0 Å². The van der Waals surface area contributed by atoms with E-state index in [4.69, 9.17) is 0 Å². The highest BCUT2D eigenvalue weighted by atomic mass is 16.2. The van der Waals surface area contributed by atoms with E-state index < -0.39 is 0 Å². The van der Waals surface area contributed by atoms with Gasteiger partial charge in [0.1, 0.15) is 0 Å². The summed E-state index contributed by atoms with van der Waals surface area (Å²) in [5.41, 5.74) is 2.61. The second-order valence-electron chi connectivity index (χ2n) is 7.54. The first-order valence-corrected chi connectivity index (χ1v) is 9.40. The van der Waals surface area contributed by atoms with Crippen molar-refractivity contribution in [1.29, 1.82) is 0 Å². The van der Waals surface area contributed by atoms with E-state index in [-0.39, 0.29) is 23.8 Å².